The van der Waals surface area contributed by atoms with E-state index in [1.165, 1.54) is 5.56 Å². The zero-order valence-electron chi connectivity index (χ0n) is 14.8. The monoisotopic (exact) mass is 401 g/mol. The molecule has 0 atom stereocenters. The number of pyridine rings is 1. The van der Waals surface area contributed by atoms with Crippen LogP contribution in [0.4, 0.5) is 0 Å². The maximum atomic E-state index is 13.2. The highest BCUT2D eigenvalue weighted by molar-refractivity contribution is 7.89. The van der Waals surface area contributed by atoms with Gasteiger partial charge < -0.3 is 0 Å². The van der Waals surface area contributed by atoms with Gasteiger partial charge in [0.15, 0.2) is 0 Å². The molecular weight excluding hydrogens is 382 g/mol. The quantitative estimate of drug-likeness (QED) is 0.672. The third-order valence-electron chi connectivity index (χ3n) is 4.86. The number of fused-ring (bicyclic) bond motifs is 1. The van der Waals surface area contributed by atoms with Crippen LogP contribution in [0.25, 0.3) is 10.9 Å². The van der Waals surface area contributed by atoms with Gasteiger partial charge >= 0.3 is 0 Å². The molecular formula is C20H20ClN3O2S. The van der Waals surface area contributed by atoms with E-state index < -0.39 is 10.0 Å². The van der Waals surface area contributed by atoms with Crippen molar-refractivity contribution in [2.45, 2.75) is 11.4 Å². The lowest BCUT2D eigenvalue weighted by Crippen LogP contribution is -2.48. The Kier molecular flexibility index (Phi) is 5.14. The highest BCUT2D eigenvalue weighted by Crippen LogP contribution is 2.25. The summed E-state index contributed by atoms with van der Waals surface area (Å²) in [6.45, 7) is 3.12. The molecule has 3 aromatic rings. The molecule has 0 unspecified atom stereocenters. The molecule has 0 amide bonds. The number of para-hydroxylation sites is 1. The topological polar surface area (TPSA) is 53.5 Å². The molecule has 5 nitrogen and oxygen atoms in total. The van der Waals surface area contributed by atoms with Crippen LogP contribution in [-0.4, -0.2) is 48.8 Å². The summed E-state index contributed by atoms with van der Waals surface area (Å²) in [6.07, 6.45) is 1.63. The van der Waals surface area contributed by atoms with E-state index >= 15 is 0 Å². The van der Waals surface area contributed by atoms with Gasteiger partial charge in [-0.1, -0.05) is 41.9 Å². The van der Waals surface area contributed by atoms with Crippen LogP contribution in [-0.2, 0) is 16.6 Å². The van der Waals surface area contributed by atoms with E-state index in [1.54, 1.807) is 22.6 Å². The van der Waals surface area contributed by atoms with E-state index in [2.05, 4.69) is 9.88 Å². The first kappa shape index (κ1) is 18.4. The van der Waals surface area contributed by atoms with Gasteiger partial charge in [-0.05, 0) is 29.8 Å². The van der Waals surface area contributed by atoms with Crippen LogP contribution in [0.3, 0.4) is 0 Å². The number of aromatic nitrogens is 1. The fourth-order valence-corrected chi connectivity index (χ4v) is 5.11. The lowest BCUT2D eigenvalue weighted by atomic mass is 10.2. The molecule has 0 spiro atoms. The van der Waals surface area contributed by atoms with E-state index in [4.69, 9.17) is 11.6 Å². The van der Waals surface area contributed by atoms with Gasteiger partial charge in [-0.25, -0.2) is 8.42 Å². The average Bonchev–Trinajstić information content (AvgIpc) is 2.70. The number of benzene rings is 2. The lowest BCUT2D eigenvalue weighted by molar-refractivity contribution is 0.181. The minimum atomic E-state index is -3.56. The van der Waals surface area contributed by atoms with Crippen molar-refractivity contribution < 1.29 is 8.42 Å². The highest BCUT2D eigenvalue weighted by atomic mass is 35.5. The molecule has 1 fully saturated rings. The summed E-state index contributed by atoms with van der Waals surface area (Å²) in [5.74, 6) is 0. The molecule has 1 aliphatic rings. The van der Waals surface area contributed by atoms with Gasteiger partial charge in [-0.3, -0.25) is 9.88 Å². The van der Waals surface area contributed by atoms with Crippen LogP contribution in [0.2, 0.25) is 5.02 Å². The number of rotatable bonds is 4. The lowest BCUT2D eigenvalue weighted by Gasteiger charge is -2.34. The Hall–Kier alpha value is -1.99. The molecule has 27 heavy (non-hydrogen) atoms. The number of hydrogen-bond acceptors (Lipinski definition) is 4. The van der Waals surface area contributed by atoms with Gasteiger partial charge in [0.05, 0.1) is 5.52 Å². The van der Waals surface area contributed by atoms with E-state index in [-0.39, 0.29) is 4.90 Å². The fraction of sp³-hybridized carbons (Fsp3) is 0.250. The van der Waals surface area contributed by atoms with E-state index in [0.29, 0.717) is 31.7 Å². The maximum Gasteiger partial charge on any atom is 0.245 e. The standard InChI is InChI=1S/C20H20ClN3O2S/c21-18-8-6-16(7-9-18)15-23-11-13-24(14-12-23)27(25,26)19-5-1-3-17-4-2-10-22-20(17)19/h1-10H,11-15H2. The summed E-state index contributed by atoms with van der Waals surface area (Å²) in [6, 6.07) is 16.8. The first-order chi connectivity index (χ1) is 13.0. The second kappa shape index (κ2) is 7.56. The fourth-order valence-electron chi connectivity index (χ4n) is 3.40. The normalized spacial score (nSPS) is 16.6. The maximum absolute atomic E-state index is 13.2. The van der Waals surface area contributed by atoms with Gasteiger partial charge in [-0.2, -0.15) is 4.31 Å². The Morgan fingerprint density at radius 3 is 2.37 bits per heavy atom. The molecule has 140 valence electrons. The van der Waals surface area contributed by atoms with Crippen LogP contribution in [0.15, 0.2) is 65.7 Å². The summed E-state index contributed by atoms with van der Waals surface area (Å²) in [5, 5.41) is 1.55. The zero-order valence-corrected chi connectivity index (χ0v) is 16.3. The average molecular weight is 402 g/mol. The van der Waals surface area contributed by atoms with Crippen molar-refractivity contribution in [3.05, 3.63) is 71.4 Å². The molecule has 1 aromatic heterocycles. The van der Waals surface area contributed by atoms with Gasteiger partial charge in [0.2, 0.25) is 10.0 Å². The molecule has 1 saturated heterocycles. The van der Waals surface area contributed by atoms with Crippen molar-refractivity contribution in [3.63, 3.8) is 0 Å². The van der Waals surface area contributed by atoms with Crippen LogP contribution in [0.1, 0.15) is 5.56 Å². The highest BCUT2D eigenvalue weighted by Gasteiger charge is 2.30. The second-order valence-electron chi connectivity index (χ2n) is 6.64. The van der Waals surface area contributed by atoms with Gasteiger partial charge in [-0.15, -0.1) is 0 Å². The summed E-state index contributed by atoms with van der Waals surface area (Å²) in [7, 11) is -3.56. The zero-order chi connectivity index (χ0) is 18.9. The Morgan fingerprint density at radius 1 is 0.926 bits per heavy atom. The molecule has 0 radical (unpaired) electrons. The Bertz CT molecular complexity index is 1040. The third kappa shape index (κ3) is 3.84. The second-order valence-corrected chi connectivity index (χ2v) is 8.98. The SMILES string of the molecule is O=S(=O)(c1cccc2cccnc12)N1CCN(Cc2ccc(Cl)cc2)CC1. The van der Waals surface area contributed by atoms with Crippen LogP contribution in [0.5, 0.6) is 0 Å². The van der Waals surface area contributed by atoms with Crippen molar-refractivity contribution in [1.82, 2.24) is 14.2 Å². The minimum Gasteiger partial charge on any atom is -0.296 e. The largest absolute Gasteiger partial charge is 0.296 e. The van der Waals surface area contributed by atoms with Gasteiger partial charge in [0.25, 0.3) is 0 Å². The number of nitrogens with zero attached hydrogens (tertiary/aromatic N) is 3. The summed E-state index contributed by atoms with van der Waals surface area (Å²) < 4.78 is 27.9. The van der Waals surface area contributed by atoms with Crippen LogP contribution >= 0.6 is 11.6 Å². The molecule has 1 aliphatic heterocycles. The molecule has 0 saturated carbocycles. The summed E-state index contributed by atoms with van der Waals surface area (Å²) in [5.41, 5.74) is 1.71. The number of halogens is 1. The minimum absolute atomic E-state index is 0.284. The first-order valence-corrected chi connectivity index (χ1v) is 10.7. The predicted molar refractivity (Wildman–Crippen MR) is 107 cm³/mol. The summed E-state index contributed by atoms with van der Waals surface area (Å²) >= 11 is 5.93. The van der Waals surface area contributed by atoms with Crippen molar-refractivity contribution in [3.8, 4) is 0 Å². The summed E-state index contributed by atoms with van der Waals surface area (Å²) in [4.78, 5) is 6.84. The number of sulfonamides is 1. The van der Waals surface area contributed by atoms with Crippen molar-refractivity contribution in [2.75, 3.05) is 26.2 Å². The van der Waals surface area contributed by atoms with E-state index in [1.807, 2.05) is 42.5 Å². The molecule has 7 heteroatoms. The van der Waals surface area contributed by atoms with E-state index in [9.17, 15) is 8.42 Å². The Balaban J connectivity index is 1.49. The van der Waals surface area contributed by atoms with Crippen molar-refractivity contribution in [2.24, 2.45) is 0 Å². The van der Waals surface area contributed by atoms with E-state index in [0.717, 1.165) is 17.0 Å². The first-order valence-electron chi connectivity index (χ1n) is 8.85. The Labute approximate surface area is 164 Å². The van der Waals surface area contributed by atoms with Crippen LogP contribution in [0, 0.1) is 0 Å². The van der Waals surface area contributed by atoms with Crippen molar-refractivity contribution in [1.29, 1.82) is 0 Å². The molecule has 0 N–H and O–H groups in total. The molecule has 0 aliphatic carbocycles. The molecule has 2 heterocycles. The van der Waals surface area contributed by atoms with Gasteiger partial charge in [0, 0.05) is 49.3 Å². The van der Waals surface area contributed by atoms with Gasteiger partial charge in [0.1, 0.15) is 4.90 Å². The van der Waals surface area contributed by atoms with Crippen LogP contribution < -0.4 is 0 Å². The smallest absolute Gasteiger partial charge is 0.245 e. The third-order valence-corrected chi connectivity index (χ3v) is 7.05. The molecule has 2 aromatic carbocycles. The number of piperazine rings is 1. The molecule has 0 bridgehead atoms. The van der Waals surface area contributed by atoms with Crippen molar-refractivity contribution >= 4 is 32.5 Å². The number of hydrogen-bond donors (Lipinski definition) is 0. The Morgan fingerprint density at radius 2 is 1.63 bits per heavy atom. The molecule has 4 rings (SSSR count). The predicted octanol–water partition coefficient (Wildman–Crippen LogP) is 3.39.